The largest absolute Gasteiger partial charge is 0.489 e. The third kappa shape index (κ3) is 7.31. The molecule has 5 aliphatic rings. The number of hydrogen-bond acceptors (Lipinski definition) is 12. The molecule has 1 saturated carbocycles. The van der Waals surface area contributed by atoms with E-state index in [9.17, 15) is 29.2 Å². The summed E-state index contributed by atoms with van der Waals surface area (Å²) in [4.78, 5) is 80.6. The highest BCUT2D eigenvalue weighted by Crippen LogP contribution is 2.55. The van der Waals surface area contributed by atoms with Crippen LogP contribution in [-0.4, -0.2) is 113 Å². The molecule has 2 aromatic carbocycles. The number of piperazine rings is 1. The first-order chi connectivity index (χ1) is 28.6. The Bertz CT molecular complexity index is 2300. The summed E-state index contributed by atoms with van der Waals surface area (Å²) in [7, 11) is 0. The Labute approximate surface area is 352 Å². The van der Waals surface area contributed by atoms with Crippen molar-refractivity contribution in [3.05, 3.63) is 75.9 Å². The van der Waals surface area contributed by atoms with Gasteiger partial charge in [-0.25, -0.2) is 14.4 Å². The molecule has 17 heteroatoms. The number of anilines is 2. The Morgan fingerprint density at radius 1 is 0.983 bits per heavy atom. The minimum Gasteiger partial charge on any atom is -0.489 e. The molecule has 0 bridgehead atoms. The molecule has 1 aromatic heterocycles. The van der Waals surface area contributed by atoms with E-state index in [-0.39, 0.29) is 42.0 Å². The molecule has 3 aromatic rings. The highest BCUT2D eigenvalue weighted by molar-refractivity contribution is 6.31. The van der Waals surface area contributed by atoms with Crippen LogP contribution in [0.1, 0.15) is 90.0 Å². The molecule has 4 fully saturated rings. The van der Waals surface area contributed by atoms with Crippen LogP contribution in [-0.2, 0) is 9.59 Å². The number of benzene rings is 2. The van der Waals surface area contributed by atoms with E-state index in [1.807, 2.05) is 4.90 Å². The first kappa shape index (κ1) is 41.1. The summed E-state index contributed by atoms with van der Waals surface area (Å²) in [6.45, 7) is 13.2. The average molecular weight is 840 g/mol. The molecule has 0 spiro atoms. The molecule has 5 heterocycles. The maximum atomic E-state index is 15.4. The van der Waals surface area contributed by atoms with E-state index in [1.165, 1.54) is 18.5 Å². The van der Waals surface area contributed by atoms with Crippen molar-refractivity contribution in [3.63, 3.8) is 0 Å². The lowest BCUT2D eigenvalue weighted by atomic mass is 9.49. The van der Waals surface area contributed by atoms with E-state index in [4.69, 9.17) is 16.3 Å². The van der Waals surface area contributed by atoms with Crippen LogP contribution in [0.4, 0.5) is 15.9 Å². The number of piperidine rings is 2. The fourth-order valence-corrected chi connectivity index (χ4v) is 10.3. The number of hydrogen-bond donors (Lipinski definition) is 2. The van der Waals surface area contributed by atoms with Gasteiger partial charge in [0.25, 0.3) is 17.7 Å². The molecular weight excluding hydrogens is 793 g/mol. The van der Waals surface area contributed by atoms with Gasteiger partial charge in [-0.3, -0.25) is 39.1 Å². The highest BCUT2D eigenvalue weighted by atomic mass is 35.5. The summed E-state index contributed by atoms with van der Waals surface area (Å²) in [5, 5.41) is 15.0. The summed E-state index contributed by atoms with van der Waals surface area (Å²) < 4.78 is 21.8. The van der Waals surface area contributed by atoms with E-state index in [0.717, 1.165) is 50.5 Å². The second-order valence-electron chi connectivity index (χ2n) is 17.6. The van der Waals surface area contributed by atoms with Crippen LogP contribution < -0.4 is 25.2 Å². The number of carbonyl (C=O) groups is 5. The Kier molecular flexibility index (Phi) is 10.8. The van der Waals surface area contributed by atoms with Gasteiger partial charge >= 0.3 is 0 Å². The molecule has 3 saturated heterocycles. The van der Waals surface area contributed by atoms with Gasteiger partial charge in [0.05, 0.1) is 21.7 Å². The zero-order chi connectivity index (χ0) is 42.7. The maximum Gasteiger partial charge on any atom is 0.265 e. The number of carbonyl (C=O) groups excluding carboxylic acids is 5. The van der Waals surface area contributed by atoms with Gasteiger partial charge in [-0.2, -0.15) is 5.26 Å². The Balaban J connectivity index is 0.840. The third-order valence-corrected chi connectivity index (χ3v) is 13.3. The Morgan fingerprint density at radius 2 is 1.70 bits per heavy atom. The summed E-state index contributed by atoms with van der Waals surface area (Å²) in [5.41, 5.74) is 0.0146. The number of nitrogens with one attached hydrogen (secondary N) is 2. The minimum absolute atomic E-state index is 0.000347. The van der Waals surface area contributed by atoms with Crippen molar-refractivity contribution in [1.82, 2.24) is 30.4 Å². The smallest absolute Gasteiger partial charge is 0.265 e. The maximum absolute atomic E-state index is 15.4. The van der Waals surface area contributed by atoms with Crippen molar-refractivity contribution in [2.45, 2.75) is 71.6 Å². The molecule has 314 valence electrons. The molecule has 1 unspecified atom stereocenters. The molecule has 1 aliphatic carbocycles. The quantitative estimate of drug-likeness (QED) is 0.294. The number of aromatic nitrogens is 2. The van der Waals surface area contributed by atoms with Crippen molar-refractivity contribution < 1.29 is 33.1 Å². The van der Waals surface area contributed by atoms with Gasteiger partial charge in [0.15, 0.2) is 0 Å². The number of nitrogens with zero attached hydrogens (tertiary/aromatic N) is 7. The second-order valence-corrected chi connectivity index (χ2v) is 18.0. The molecule has 8 rings (SSSR count). The lowest BCUT2D eigenvalue weighted by Gasteiger charge is -2.63. The van der Waals surface area contributed by atoms with E-state index in [2.05, 4.69) is 64.2 Å². The van der Waals surface area contributed by atoms with Gasteiger partial charge in [-0.15, -0.1) is 0 Å². The number of ether oxygens (including phenoxy) is 1. The zero-order valence-electron chi connectivity index (χ0n) is 34.0. The van der Waals surface area contributed by atoms with E-state index in [0.29, 0.717) is 52.4 Å². The standard InChI is InChI=1S/C43H47ClFN9O6/c1-42(2)40(43(3,4)41(42)60-27-6-5-25(20-46)30(44)19-27)50-36(56)29-21-47-23-48-35(29)53-11-9-24(10-12-53)22-51-13-15-52(16-14-51)26-17-28-34(31(45)18-26)39(59)54(38(28)58)32-7-8-33(55)49-37(32)57/h5-6,17-19,21,23-24,32,40-41H,7-16,22H2,1-4H3,(H,50,56)(H,49,55,57). The summed E-state index contributed by atoms with van der Waals surface area (Å²) in [5.74, 6) is -2.28. The van der Waals surface area contributed by atoms with Crippen molar-refractivity contribution in [3.8, 4) is 11.8 Å². The number of rotatable bonds is 9. The van der Waals surface area contributed by atoms with Gasteiger partial charge in [0.2, 0.25) is 11.8 Å². The van der Waals surface area contributed by atoms with Gasteiger partial charge in [-0.05, 0) is 49.4 Å². The number of imide groups is 2. The van der Waals surface area contributed by atoms with Gasteiger partial charge in [-0.1, -0.05) is 39.3 Å². The summed E-state index contributed by atoms with van der Waals surface area (Å²) >= 11 is 6.27. The van der Waals surface area contributed by atoms with Gasteiger partial charge < -0.3 is 19.9 Å². The number of halogens is 2. The monoisotopic (exact) mass is 839 g/mol. The normalized spacial score (nSPS) is 24.1. The van der Waals surface area contributed by atoms with Crippen molar-refractivity contribution in [2.24, 2.45) is 16.7 Å². The molecule has 60 heavy (non-hydrogen) atoms. The van der Waals surface area contributed by atoms with E-state index in [1.54, 1.807) is 24.4 Å². The topological polar surface area (TPSA) is 181 Å². The predicted octanol–water partition coefficient (Wildman–Crippen LogP) is 4.19. The lowest BCUT2D eigenvalue weighted by molar-refractivity contribution is -0.164. The van der Waals surface area contributed by atoms with Crippen molar-refractivity contribution in [2.75, 3.05) is 55.6 Å². The van der Waals surface area contributed by atoms with Crippen molar-refractivity contribution >= 4 is 52.6 Å². The number of fused-ring (bicyclic) bond motifs is 1. The lowest BCUT2D eigenvalue weighted by Crippen LogP contribution is -2.74. The zero-order valence-corrected chi connectivity index (χ0v) is 34.7. The van der Waals surface area contributed by atoms with Gasteiger partial charge in [0, 0.05) is 87.1 Å². The molecule has 1 atom stereocenters. The Morgan fingerprint density at radius 3 is 2.37 bits per heavy atom. The average Bonchev–Trinajstić information content (AvgIpc) is 3.48. The first-order valence-corrected chi connectivity index (χ1v) is 20.7. The third-order valence-electron chi connectivity index (χ3n) is 13.0. The first-order valence-electron chi connectivity index (χ1n) is 20.3. The van der Waals surface area contributed by atoms with E-state index < -0.39 is 46.3 Å². The van der Waals surface area contributed by atoms with Crippen LogP contribution >= 0.6 is 11.6 Å². The fraction of sp³-hybridized carbons (Fsp3) is 0.488. The molecule has 4 aliphatic heterocycles. The Hall–Kier alpha value is -5.66. The fourth-order valence-electron chi connectivity index (χ4n) is 10.1. The van der Waals surface area contributed by atoms with Crippen LogP contribution in [0, 0.1) is 33.9 Å². The molecule has 2 N–H and O–H groups in total. The predicted molar refractivity (Wildman–Crippen MR) is 218 cm³/mol. The van der Waals surface area contributed by atoms with E-state index >= 15 is 4.39 Å². The number of nitriles is 1. The van der Waals surface area contributed by atoms with Crippen LogP contribution in [0.3, 0.4) is 0 Å². The SMILES string of the molecule is CC1(C)C(NC(=O)c2cncnc2N2CCC(CN3CCN(c4cc(F)c5c(c4)C(=O)N(C4CCC(=O)NC4=O)C5=O)CC3)CC2)C(C)(C)C1Oc1ccc(C#N)c(Cl)c1. The van der Waals surface area contributed by atoms with Gasteiger partial charge in [0.1, 0.15) is 47.5 Å². The van der Waals surface area contributed by atoms with Crippen LogP contribution in [0.15, 0.2) is 42.9 Å². The molecule has 5 amide bonds. The molecular formula is C43H47ClFN9O6. The molecule has 15 nitrogen and oxygen atoms in total. The van der Waals surface area contributed by atoms with Crippen LogP contribution in [0.5, 0.6) is 5.75 Å². The van der Waals surface area contributed by atoms with Crippen LogP contribution in [0.2, 0.25) is 5.02 Å². The minimum atomic E-state index is -1.16. The molecule has 0 radical (unpaired) electrons. The summed E-state index contributed by atoms with van der Waals surface area (Å²) in [6.07, 6.45) is 4.59. The summed E-state index contributed by atoms with van der Waals surface area (Å²) in [6, 6.07) is 8.51. The number of amides is 5. The second kappa shape index (κ2) is 15.7. The van der Waals surface area contributed by atoms with Crippen LogP contribution in [0.25, 0.3) is 0 Å². The highest BCUT2D eigenvalue weighted by Gasteiger charge is 2.64. The van der Waals surface area contributed by atoms with Crippen molar-refractivity contribution in [1.29, 1.82) is 5.26 Å².